The molecule has 0 saturated heterocycles. The highest BCUT2D eigenvalue weighted by Gasteiger charge is 2.35. The number of ether oxygens (including phenoxy) is 1. The van der Waals surface area contributed by atoms with Gasteiger partial charge in [-0.25, -0.2) is 18.6 Å². The number of rotatable bonds is 4. The van der Waals surface area contributed by atoms with Gasteiger partial charge in [-0.05, 0) is 18.2 Å². The Balaban J connectivity index is 1.88. The minimum Gasteiger partial charge on any atom is -0.469 e. The Hall–Kier alpha value is -2.97. The number of H-pyrrole nitrogens is 1. The molecule has 0 saturated carbocycles. The molecule has 1 atom stereocenters. The smallest absolute Gasteiger partial charge is 0.318 e. The number of hydrogen-bond acceptors (Lipinski definition) is 4. The van der Waals surface area contributed by atoms with Crippen molar-refractivity contribution in [2.45, 2.75) is 18.9 Å². The number of nitrogens with one attached hydrogen (secondary N) is 2. The minimum absolute atomic E-state index is 0.0166. The van der Waals surface area contributed by atoms with E-state index < -0.39 is 29.7 Å². The van der Waals surface area contributed by atoms with Gasteiger partial charge in [0, 0.05) is 30.8 Å². The molecule has 0 spiro atoms. The third kappa shape index (κ3) is 3.51. The normalized spacial score (nSPS) is 16.1. The van der Waals surface area contributed by atoms with Crippen molar-refractivity contribution in [2.24, 2.45) is 0 Å². The Labute approximate surface area is 148 Å². The number of carbonyl (C=O) groups is 2. The van der Waals surface area contributed by atoms with Gasteiger partial charge in [0.25, 0.3) is 0 Å². The van der Waals surface area contributed by atoms with Crippen LogP contribution in [0.25, 0.3) is 0 Å². The largest absolute Gasteiger partial charge is 0.469 e. The average Bonchev–Trinajstić information content (AvgIpc) is 3.11. The summed E-state index contributed by atoms with van der Waals surface area (Å²) in [5, 5.41) is 2.61. The summed E-state index contributed by atoms with van der Waals surface area (Å²) in [6, 6.07) is 1.76. The molecule has 0 bridgehead atoms. The number of esters is 1. The highest BCUT2D eigenvalue weighted by molar-refractivity contribution is 5.77. The van der Waals surface area contributed by atoms with Crippen LogP contribution < -0.4 is 5.32 Å². The van der Waals surface area contributed by atoms with Gasteiger partial charge >= 0.3 is 12.0 Å². The van der Waals surface area contributed by atoms with Gasteiger partial charge in [0.2, 0.25) is 0 Å². The van der Waals surface area contributed by atoms with Crippen LogP contribution in [0.4, 0.5) is 13.6 Å². The van der Waals surface area contributed by atoms with E-state index in [-0.39, 0.29) is 18.5 Å². The molecule has 2 N–H and O–H groups in total. The quantitative estimate of drug-likeness (QED) is 0.812. The molecule has 2 aromatic rings. The summed E-state index contributed by atoms with van der Waals surface area (Å²) in [6.45, 7) is 0.369. The zero-order valence-corrected chi connectivity index (χ0v) is 14.1. The van der Waals surface area contributed by atoms with Gasteiger partial charge in [-0.2, -0.15) is 0 Å². The zero-order chi connectivity index (χ0) is 18.7. The molecular weight excluding hydrogens is 346 g/mol. The van der Waals surface area contributed by atoms with E-state index in [1.807, 2.05) is 0 Å². The number of halogens is 2. The second kappa shape index (κ2) is 7.51. The molecule has 9 heteroatoms. The molecule has 0 aliphatic carbocycles. The molecular formula is C17H18F2N4O3. The molecule has 3 rings (SSSR count). The van der Waals surface area contributed by atoms with Crippen LogP contribution in [0.3, 0.4) is 0 Å². The van der Waals surface area contributed by atoms with Crippen LogP contribution in [-0.2, 0) is 16.0 Å². The Bertz CT molecular complexity index is 824. The van der Waals surface area contributed by atoms with E-state index in [1.54, 1.807) is 0 Å². The third-order valence-corrected chi connectivity index (χ3v) is 4.27. The lowest BCUT2D eigenvalue weighted by Crippen LogP contribution is -2.46. The monoisotopic (exact) mass is 364 g/mol. The van der Waals surface area contributed by atoms with Crippen molar-refractivity contribution in [3.05, 3.63) is 53.1 Å². The fraction of sp³-hybridized carbons (Fsp3) is 0.353. The van der Waals surface area contributed by atoms with Crippen molar-refractivity contribution < 1.29 is 23.1 Å². The molecule has 7 nitrogen and oxygen atoms in total. The number of carbonyl (C=O) groups excluding carboxylic acids is 2. The van der Waals surface area contributed by atoms with Gasteiger partial charge < -0.3 is 19.9 Å². The van der Waals surface area contributed by atoms with Gasteiger partial charge in [-0.3, -0.25) is 4.79 Å². The molecule has 1 aromatic heterocycles. The maximum absolute atomic E-state index is 14.4. The van der Waals surface area contributed by atoms with E-state index in [1.165, 1.54) is 18.3 Å². The summed E-state index contributed by atoms with van der Waals surface area (Å²) >= 11 is 0. The van der Waals surface area contributed by atoms with Crippen molar-refractivity contribution in [3.63, 3.8) is 0 Å². The third-order valence-electron chi connectivity index (χ3n) is 4.27. The average molecular weight is 364 g/mol. The number of benzene rings is 1. The van der Waals surface area contributed by atoms with Crippen molar-refractivity contribution in [1.82, 2.24) is 20.2 Å². The fourth-order valence-corrected chi connectivity index (χ4v) is 3.01. The molecule has 138 valence electrons. The van der Waals surface area contributed by atoms with E-state index in [9.17, 15) is 18.4 Å². The van der Waals surface area contributed by atoms with Gasteiger partial charge in [0.15, 0.2) is 0 Å². The molecule has 1 aliphatic heterocycles. The number of urea groups is 1. The Morgan fingerprint density at radius 2 is 2.23 bits per heavy atom. The summed E-state index contributed by atoms with van der Waals surface area (Å²) in [6.07, 6.45) is 1.99. The van der Waals surface area contributed by atoms with Gasteiger partial charge in [-0.1, -0.05) is 0 Å². The molecule has 2 amide bonds. The summed E-state index contributed by atoms with van der Waals surface area (Å²) in [5.74, 6) is -1.68. The lowest BCUT2D eigenvalue weighted by molar-refractivity contribution is -0.140. The van der Waals surface area contributed by atoms with Crippen molar-refractivity contribution in [2.75, 3.05) is 20.2 Å². The zero-order valence-electron chi connectivity index (χ0n) is 14.1. The number of amides is 2. The van der Waals surface area contributed by atoms with Crippen LogP contribution in [0.1, 0.15) is 29.4 Å². The van der Waals surface area contributed by atoms with Crippen LogP contribution in [0, 0.1) is 11.6 Å². The van der Waals surface area contributed by atoms with Crippen molar-refractivity contribution in [3.8, 4) is 0 Å². The first-order valence-electron chi connectivity index (χ1n) is 8.09. The molecule has 0 radical (unpaired) electrons. The minimum atomic E-state index is -0.862. The standard InChI is InChI=1S/C17H18F2N4O3/c1-26-14(24)4-6-20-17(25)23-7-5-13-15(22-9-21-13)16(23)11-8-10(18)2-3-12(11)19/h2-3,8-9,16H,4-7H2,1H3,(H,20,25)(H,21,22). The van der Waals surface area contributed by atoms with Crippen LogP contribution in [-0.4, -0.2) is 47.1 Å². The Kier molecular flexibility index (Phi) is 5.15. The van der Waals surface area contributed by atoms with Crippen molar-refractivity contribution in [1.29, 1.82) is 0 Å². The second-order valence-electron chi connectivity index (χ2n) is 5.84. The SMILES string of the molecule is COC(=O)CCNC(=O)N1CCc2[nH]cnc2C1c1cc(F)ccc1F. The molecule has 1 aromatic carbocycles. The number of methoxy groups -OCH3 is 1. The first-order chi connectivity index (χ1) is 12.5. The lowest BCUT2D eigenvalue weighted by atomic mass is 9.95. The molecule has 1 aliphatic rings. The first-order valence-corrected chi connectivity index (χ1v) is 8.09. The number of aromatic amines is 1. The van der Waals surface area contributed by atoms with Crippen molar-refractivity contribution >= 4 is 12.0 Å². The Morgan fingerprint density at radius 3 is 3.00 bits per heavy atom. The van der Waals surface area contributed by atoms with E-state index in [2.05, 4.69) is 20.0 Å². The van der Waals surface area contributed by atoms with Gasteiger partial charge in [-0.15, -0.1) is 0 Å². The summed E-state index contributed by atoms with van der Waals surface area (Å²) in [7, 11) is 1.26. The van der Waals surface area contributed by atoms with Crippen LogP contribution >= 0.6 is 0 Å². The molecule has 0 fully saturated rings. The number of fused-ring (bicyclic) bond motifs is 1. The summed E-state index contributed by atoms with van der Waals surface area (Å²) in [4.78, 5) is 32.3. The van der Waals surface area contributed by atoms with Gasteiger partial charge in [0.05, 0.1) is 25.6 Å². The fourth-order valence-electron chi connectivity index (χ4n) is 3.01. The second-order valence-corrected chi connectivity index (χ2v) is 5.84. The highest BCUT2D eigenvalue weighted by atomic mass is 19.1. The van der Waals surface area contributed by atoms with E-state index in [4.69, 9.17) is 0 Å². The summed E-state index contributed by atoms with van der Waals surface area (Å²) < 4.78 is 32.6. The lowest BCUT2D eigenvalue weighted by Gasteiger charge is -2.35. The summed E-state index contributed by atoms with van der Waals surface area (Å²) in [5.41, 5.74) is 1.28. The van der Waals surface area contributed by atoms with E-state index in [0.717, 1.165) is 23.9 Å². The number of nitrogens with zero attached hydrogens (tertiary/aromatic N) is 2. The van der Waals surface area contributed by atoms with Crippen LogP contribution in [0.15, 0.2) is 24.5 Å². The maximum Gasteiger partial charge on any atom is 0.318 e. The van der Waals surface area contributed by atoms with E-state index in [0.29, 0.717) is 18.7 Å². The topological polar surface area (TPSA) is 87.3 Å². The van der Waals surface area contributed by atoms with E-state index >= 15 is 0 Å². The number of imidazole rings is 1. The van der Waals surface area contributed by atoms with Gasteiger partial charge in [0.1, 0.15) is 17.7 Å². The maximum atomic E-state index is 14.4. The predicted molar refractivity (Wildman–Crippen MR) is 87.2 cm³/mol. The molecule has 2 heterocycles. The molecule has 26 heavy (non-hydrogen) atoms. The Morgan fingerprint density at radius 1 is 1.42 bits per heavy atom. The first kappa shape index (κ1) is 17.8. The molecule has 1 unspecified atom stereocenters. The number of hydrogen-bond donors (Lipinski definition) is 2. The highest BCUT2D eigenvalue weighted by Crippen LogP contribution is 2.34. The van der Waals surface area contributed by atoms with Crippen LogP contribution in [0.2, 0.25) is 0 Å². The van der Waals surface area contributed by atoms with Crippen LogP contribution in [0.5, 0.6) is 0 Å². The number of aromatic nitrogens is 2. The predicted octanol–water partition coefficient (Wildman–Crippen LogP) is 1.91.